The van der Waals surface area contributed by atoms with Crippen LogP contribution in [0.5, 0.6) is 5.75 Å². The zero-order valence-corrected chi connectivity index (χ0v) is 10.4. The molecule has 1 rings (SSSR count). The Bertz CT molecular complexity index is 474. The van der Waals surface area contributed by atoms with Gasteiger partial charge in [-0.3, -0.25) is 0 Å². The number of nitrogens with one attached hydrogen (secondary N) is 1. The van der Waals surface area contributed by atoms with Gasteiger partial charge in [0, 0.05) is 18.8 Å². The van der Waals surface area contributed by atoms with E-state index in [1.807, 2.05) is 0 Å². The van der Waals surface area contributed by atoms with Crippen molar-refractivity contribution in [2.24, 2.45) is 0 Å². The van der Waals surface area contributed by atoms with Gasteiger partial charge in [-0.15, -0.1) is 0 Å². The van der Waals surface area contributed by atoms with Crippen LogP contribution < -0.4 is 5.32 Å². The molecule has 1 aromatic carbocycles. The van der Waals surface area contributed by atoms with Gasteiger partial charge in [0.2, 0.25) is 0 Å². The van der Waals surface area contributed by atoms with E-state index in [0.717, 1.165) is 0 Å². The Kier molecular flexibility index (Phi) is 4.89. The lowest BCUT2D eigenvalue weighted by Crippen LogP contribution is -2.23. The predicted octanol–water partition coefficient (Wildman–Crippen LogP) is 1.06. The molecule has 96 valence electrons. The second-order valence-corrected chi connectivity index (χ2v) is 6.17. The molecule has 4 nitrogen and oxygen atoms in total. The number of hydrogen-bond donors (Lipinski definition) is 2. The molecule has 0 aromatic heterocycles. The first-order valence-electron chi connectivity index (χ1n) is 5.33. The molecule has 0 spiro atoms. The topological polar surface area (TPSA) is 66.4 Å². The maximum absolute atomic E-state index is 13.0. The van der Waals surface area contributed by atoms with Crippen LogP contribution in [0, 0.1) is 5.82 Å². The average molecular weight is 261 g/mol. The van der Waals surface area contributed by atoms with E-state index in [4.69, 9.17) is 5.11 Å². The molecule has 0 bridgehead atoms. The number of hydrogen-bond acceptors (Lipinski definition) is 4. The molecule has 0 aliphatic carbocycles. The van der Waals surface area contributed by atoms with Gasteiger partial charge in [0.25, 0.3) is 0 Å². The van der Waals surface area contributed by atoms with Crippen LogP contribution in [0.2, 0.25) is 0 Å². The lowest BCUT2D eigenvalue weighted by Gasteiger charge is -2.05. The molecular weight excluding hydrogens is 245 g/mol. The Morgan fingerprint density at radius 3 is 2.71 bits per heavy atom. The van der Waals surface area contributed by atoms with E-state index >= 15 is 0 Å². The van der Waals surface area contributed by atoms with Crippen LogP contribution in [0.1, 0.15) is 12.5 Å². The first-order chi connectivity index (χ1) is 7.94. The highest BCUT2D eigenvalue weighted by molar-refractivity contribution is 7.91. The molecule has 1 aromatic rings. The van der Waals surface area contributed by atoms with Crippen LogP contribution in [-0.4, -0.2) is 31.6 Å². The summed E-state index contributed by atoms with van der Waals surface area (Å²) in [4.78, 5) is 0. The lowest BCUT2D eigenvalue weighted by molar-refractivity contribution is 0.431. The number of phenols is 1. The van der Waals surface area contributed by atoms with Crippen molar-refractivity contribution in [3.63, 3.8) is 0 Å². The fraction of sp³-hybridized carbons (Fsp3) is 0.455. The third kappa shape index (κ3) is 4.70. The highest BCUT2D eigenvalue weighted by Gasteiger charge is 2.06. The van der Waals surface area contributed by atoms with Crippen molar-refractivity contribution in [3.05, 3.63) is 29.6 Å². The summed E-state index contributed by atoms with van der Waals surface area (Å²) >= 11 is 0. The van der Waals surface area contributed by atoms with Crippen molar-refractivity contribution in [3.8, 4) is 5.75 Å². The summed E-state index contributed by atoms with van der Waals surface area (Å²) in [5.41, 5.74) is 0.661. The highest BCUT2D eigenvalue weighted by atomic mass is 32.2. The molecule has 0 saturated heterocycles. The minimum absolute atomic E-state index is 0.0735. The average Bonchev–Trinajstić information content (AvgIpc) is 2.29. The number of rotatable bonds is 6. The number of aromatic hydroxyl groups is 1. The van der Waals surface area contributed by atoms with Gasteiger partial charge in [0.1, 0.15) is 0 Å². The van der Waals surface area contributed by atoms with E-state index in [9.17, 15) is 12.8 Å². The number of benzene rings is 1. The zero-order valence-electron chi connectivity index (χ0n) is 9.61. The molecule has 0 aliphatic heterocycles. The zero-order chi connectivity index (χ0) is 12.9. The second kappa shape index (κ2) is 5.97. The molecule has 0 heterocycles. The van der Waals surface area contributed by atoms with Crippen molar-refractivity contribution in [2.45, 2.75) is 13.5 Å². The fourth-order valence-electron chi connectivity index (χ4n) is 1.27. The maximum Gasteiger partial charge on any atom is 0.165 e. The molecule has 0 aliphatic rings. The van der Waals surface area contributed by atoms with E-state index in [1.165, 1.54) is 12.1 Å². The summed E-state index contributed by atoms with van der Waals surface area (Å²) in [6.45, 7) is 2.31. The second-order valence-electron chi connectivity index (χ2n) is 3.70. The third-order valence-corrected chi connectivity index (χ3v) is 4.08. The smallest absolute Gasteiger partial charge is 0.165 e. The summed E-state index contributed by atoms with van der Waals surface area (Å²) in [5, 5.41) is 11.9. The minimum atomic E-state index is -2.97. The molecule has 2 N–H and O–H groups in total. The molecule has 6 heteroatoms. The Morgan fingerprint density at radius 1 is 1.41 bits per heavy atom. The Hall–Kier alpha value is -1.14. The SMILES string of the molecule is CCS(=O)(=O)CCNCc1ccc(O)c(F)c1. The molecule has 0 atom stereocenters. The molecule has 0 amide bonds. The largest absolute Gasteiger partial charge is 0.505 e. The number of sulfone groups is 1. The first-order valence-corrected chi connectivity index (χ1v) is 7.15. The highest BCUT2D eigenvalue weighted by Crippen LogP contribution is 2.15. The normalized spacial score (nSPS) is 11.6. The van der Waals surface area contributed by atoms with E-state index in [-0.39, 0.29) is 17.3 Å². The molecule has 0 unspecified atom stereocenters. The monoisotopic (exact) mass is 261 g/mol. The summed E-state index contributed by atoms with van der Waals surface area (Å²) < 4.78 is 35.3. The van der Waals surface area contributed by atoms with Crippen LogP contribution in [0.4, 0.5) is 4.39 Å². The van der Waals surface area contributed by atoms with Gasteiger partial charge >= 0.3 is 0 Å². The van der Waals surface area contributed by atoms with Gasteiger partial charge in [-0.05, 0) is 17.7 Å². The fourth-order valence-corrected chi connectivity index (χ4v) is 2.01. The van der Waals surface area contributed by atoms with Crippen LogP contribution >= 0.6 is 0 Å². The molecule has 17 heavy (non-hydrogen) atoms. The summed E-state index contributed by atoms with van der Waals surface area (Å²) in [7, 11) is -2.97. The van der Waals surface area contributed by atoms with Crippen molar-refractivity contribution in [2.75, 3.05) is 18.1 Å². The quantitative estimate of drug-likeness (QED) is 0.751. The van der Waals surface area contributed by atoms with Gasteiger partial charge in [0.05, 0.1) is 5.75 Å². The molecule has 0 radical (unpaired) electrons. The van der Waals surface area contributed by atoms with Crippen LogP contribution in [0.3, 0.4) is 0 Å². The van der Waals surface area contributed by atoms with Crippen molar-refractivity contribution < 1.29 is 17.9 Å². The Balaban J connectivity index is 2.39. The third-order valence-electron chi connectivity index (χ3n) is 2.37. The van der Waals surface area contributed by atoms with E-state index < -0.39 is 15.7 Å². The summed E-state index contributed by atoms with van der Waals surface area (Å²) in [6.07, 6.45) is 0. The Morgan fingerprint density at radius 2 is 2.12 bits per heavy atom. The van der Waals surface area contributed by atoms with Gasteiger partial charge in [0.15, 0.2) is 21.4 Å². The summed E-state index contributed by atoms with van der Waals surface area (Å²) in [5.74, 6) is -0.861. The van der Waals surface area contributed by atoms with Crippen molar-refractivity contribution in [1.29, 1.82) is 0 Å². The van der Waals surface area contributed by atoms with Gasteiger partial charge in [-0.25, -0.2) is 12.8 Å². The van der Waals surface area contributed by atoms with Crippen molar-refractivity contribution in [1.82, 2.24) is 5.32 Å². The standard InChI is InChI=1S/C11H16FNO3S/c1-2-17(15,16)6-5-13-8-9-3-4-11(14)10(12)7-9/h3-4,7,13-14H,2,5-6,8H2,1H3. The van der Waals surface area contributed by atoms with Crippen LogP contribution in [0.25, 0.3) is 0 Å². The Labute approximate surface area is 100 Å². The van der Waals surface area contributed by atoms with E-state index in [1.54, 1.807) is 13.0 Å². The molecule has 0 fully saturated rings. The van der Waals surface area contributed by atoms with Gasteiger partial charge < -0.3 is 10.4 Å². The predicted molar refractivity (Wildman–Crippen MR) is 64.1 cm³/mol. The number of halogens is 1. The van der Waals surface area contributed by atoms with E-state index in [0.29, 0.717) is 18.7 Å². The first kappa shape index (κ1) is 13.9. The lowest BCUT2D eigenvalue weighted by atomic mass is 10.2. The summed E-state index contributed by atoms with van der Waals surface area (Å²) in [6, 6.07) is 4.07. The van der Waals surface area contributed by atoms with Crippen LogP contribution in [-0.2, 0) is 16.4 Å². The molecule has 0 saturated carbocycles. The molecular formula is C11H16FNO3S. The van der Waals surface area contributed by atoms with Crippen LogP contribution in [0.15, 0.2) is 18.2 Å². The van der Waals surface area contributed by atoms with Gasteiger partial charge in [-0.1, -0.05) is 13.0 Å². The number of phenolic OH excluding ortho intramolecular Hbond substituents is 1. The minimum Gasteiger partial charge on any atom is -0.505 e. The van der Waals surface area contributed by atoms with Crippen molar-refractivity contribution >= 4 is 9.84 Å². The maximum atomic E-state index is 13.0. The van der Waals surface area contributed by atoms with Gasteiger partial charge in [-0.2, -0.15) is 0 Å². The van der Waals surface area contributed by atoms with E-state index in [2.05, 4.69) is 5.32 Å².